The number of imide groups is 1. The molecule has 1 aromatic rings. The number of benzene rings is 1. The standard InChI is InChI=1S/C17H24ClN3O2/c1-4-11-19-16(23)21-15(22)12-20-17(5-2,6-3)13-7-9-14(18)10-8-13/h4,7-10,20H,1,5-6,11-12H2,2-3H3,(H2,19,21,22,23). The summed E-state index contributed by atoms with van der Waals surface area (Å²) in [5.74, 6) is -0.383. The van der Waals surface area contributed by atoms with Gasteiger partial charge in [-0.25, -0.2) is 4.79 Å². The second kappa shape index (κ2) is 9.33. The lowest BCUT2D eigenvalue weighted by Gasteiger charge is -2.33. The first-order valence-electron chi connectivity index (χ1n) is 7.67. The first kappa shape index (κ1) is 19.2. The highest BCUT2D eigenvalue weighted by Crippen LogP contribution is 2.29. The Morgan fingerprint density at radius 1 is 1.22 bits per heavy atom. The van der Waals surface area contributed by atoms with Gasteiger partial charge in [0.2, 0.25) is 5.91 Å². The molecule has 3 amide bonds. The maximum atomic E-state index is 11.9. The number of nitrogens with one attached hydrogen (secondary N) is 3. The van der Waals surface area contributed by atoms with Crippen molar-refractivity contribution in [3.8, 4) is 0 Å². The van der Waals surface area contributed by atoms with Crippen LogP contribution in [0.3, 0.4) is 0 Å². The first-order valence-corrected chi connectivity index (χ1v) is 8.05. The average molecular weight is 338 g/mol. The van der Waals surface area contributed by atoms with Crippen LogP contribution in [-0.4, -0.2) is 25.0 Å². The largest absolute Gasteiger partial charge is 0.334 e. The van der Waals surface area contributed by atoms with Crippen LogP contribution in [0.5, 0.6) is 0 Å². The van der Waals surface area contributed by atoms with Gasteiger partial charge in [0.25, 0.3) is 0 Å². The van der Waals surface area contributed by atoms with E-state index in [0.717, 1.165) is 18.4 Å². The maximum absolute atomic E-state index is 11.9. The number of carbonyl (C=O) groups excluding carboxylic acids is 2. The molecule has 1 rings (SSSR count). The van der Waals surface area contributed by atoms with Gasteiger partial charge in [-0.1, -0.05) is 43.7 Å². The lowest BCUT2D eigenvalue weighted by atomic mass is 9.84. The Labute approximate surface area is 142 Å². The summed E-state index contributed by atoms with van der Waals surface area (Å²) in [6.07, 6.45) is 3.16. The second-order valence-corrected chi connectivity index (χ2v) is 5.63. The van der Waals surface area contributed by atoms with Crippen LogP contribution < -0.4 is 16.0 Å². The molecular weight excluding hydrogens is 314 g/mol. The van der Waals surface area contributed by atoms with Crippen molar-refractivity contribution in [2.45, 2.75) is 32.2 Å². The number of amides is 3. The molecule has 0 atom stereocenters. The smallest absolute Gasteiger partial charge is 0.321 e. The van der Waals surface area contributed by atoms with Crippen molar-refractivity contribution in [3.63, 3.8) is 0 Å². The molecular formula is C17H24ClN3O2. The van der Waals surface area contributed by atoms with Gasteiger partial charge in [0.05, 0.1) is 6.54 Å². The van der Waals surface area contributed by atoms with E-state index in [2.05, 4.69) is 36.4 Å². The Bertz CT molecular complexity index is 539. The van der Waals surface area contributed by atoms with Gasteiger partial charge in [-0.15, -0.1) is 6.58 Å². The van der Waals surface area contributed by atoms with Crippen LogP contribution in [0.1, 0.15) is 32.3 Å². The number of hydrogen-bond acceptors (Lipinski definition) is 3. The van der Waals surface area contributed by atoms with Crippen LogP contribution in [0.15, 0.2) is 36.9 Å². The predicted octanol–water partition coefficient (Wildman–Crippen LogP) is 2.96. The van der Waals surface area contributed by atoms with Crippen LogP contribution in [-0.2, 0) is 10.3 Å². The van der Waals surface area contributed by atoms with Crippen molar-refractivity contribution < 1.29 is 9.59 Å². The number of urea groups is 1. The van der Waals surface area contributed by atoms with Crippen molar-refractivity contribution in [3.05, 3.63) is 47.5 Å². The number of hydrogen-bond donors (Lipinski definition) is 3. The van der Waals surface area contributed by atoms with Crippen molar-refractivity contribution in [1.82, 2.24) is 16.0 Å². The van der Waals surface area contributed by atoms with Gasteiger partial charge in [-0.2, -0.15) is 0 Å². The van der Waals surface area contributed by atoms with Gasteiger partial charge in [0.15, 0.2) is 0 Å². The lowest BCUT2D eigenvalue weighted by Crippen LogP contribution is -2.49. The molecule has 6 heteroatoms. The zero-order chi connectivity index (χ0) is 17.3. The van der Waals surface area contributed by atoms with Crippen molar-refractivity contribution in [2.24, 2.45) is 0 Å². The number of rotatable bonds is 8. The molecule has 0 bridgehead atoms. The summed E-state index contributed by atoms with van der Waals surface area (Å²) in [5, 5.41) is 8.72. The summed E-state index contributed by atoms with van der Waals surface area (Å²) in [6, 6.07) is 7.05. The molecule has 5 nitrogen and oxygen atoms in total. The fourth-order valence-electron chi connectivity index (χ4n) is 2.41. The molecule has 3 N–H and O–H groups in total. The topological polar surface area (TPSA) is 70.2 Å². The average Bonchev–Trinajstić information content (AvgIpc) is 2.55. The van der Waals surface area contributed by atoms with Crippen molar-refractivity contribution in [2.75, 3.05) is 13.1 Å². The van der Waals surface area contributed by atoms with Gasteiger partial charge in [0.1, 0.15) is 0 Å². The molecule has 0 saturated carbocycles. The Kier molecular flexibility index (Phi) is 7.78. The van der Waals surface area contributed by atoms with Gasteiger partial charge in [-0.3, -0.25) is 15.4 Å². The van der Waals surface area contributed by atoms with E-state index >= 15 is 0 Å². The van der Waals surface area contributed by atoms with E-state index in [-0.39, 0.29) is 18.0 Å². The van der Waals surface area contributed by atoms with E-state index in [1.54, 1.807) is 6.08 Å². The Morgan fingerprint density at radius 3 is 2.35 bits per heavy atom. The molecule has 0 saturated heterocycles. The fourth-order valence-corrected chi connectivity index (χ4v) is 2.53. The monoisotopic (exact) mass is 337 g/mol. The molecule has 0 fully saturated rings. The summed E-state index contributed by atoms with van der Waals surface area (Å²) in [7, 11) is 0. The summed E-state index contributed by atoms with van der Waals surface area (Å²) < 4.78 is 0. The molecule has 0 spiro atoms. The van der Waals surface area contributed by atoms with Gasteiger partial charge in [0, 0.05) is 17.1 Å². The van der Waals surface area contributed by atoms with E-state index in [1.807, 2.05) is 24.3 Å². The summed E-state index contributed by atoms with van der Waals surface area (Å²) in [5.41, 5.74) is 0.732. The van der Waals surface area contributed by atoms with Gasteiger partial charge in [-0.05, 0) is 30.5 Å². The third-order valence-corrected chi connectivity index (χ3v) is 4.10. The Morgan fingerprint density at radius 2 is 1.83 bits per heavy atom. The zero-order valence-electron chi connectivity index (χ0n) is 13.6. The zero-order valence-corrected chi connectivity index (χ0v) is 14.4. The summed E-state index contributed by atoms with van der Waals surface area (Å²) >= 11 is 5.94. The lowest BCUT2D eigenvalue weighted by molar-refractivity contribution is -0.119. The van der Waals surface area contributed by atoms with E-state index in [0.29, 0.717) is 11.6 Å². The minimum atomic E-state index is -0.526. The van der Waals surface area contributed by atoms with E-state index < -0.39 is 6.03 Å². The molecule has 1 aromatic carbocycles. The van der Waals surface area contributed by atoms with Crippen LogP contribution >= 0.6 is 11.6 Å². The molecule has 0 aliphatic heterocycles. The number of halogens is 1. The molecule has 0 heterocycles. The molecule has 0 unspecified atom stereocenters. The Balaban J connectivity index is 2.69. The highest BCUT2D eigenvalue weighted by atomic mass is 35.5. The van der Waals surface area contributed by atoms with E-state index in [9.17, 15) is 9.59 Å². The van der Waals surface area contributed by atoms with Gasteiger partial charge < -0.3 is 5.32 Å². The molecule has 0 aromatic heterocycles. The minimum Gasteiger partial charge on any atom is -0.334 e. The van der Waals surface area contributed by atoms with Gasteiger partial charge >= 0.3 is 6.03 Å². The van der Waals surface area contributed by atoms with Crippen molar-refractivity contribution >= 4 is 23.5 Å². The molecule has 0 aliphatic rings. The summed E-state index contributed by atoms with van der Waals surface area (Å²) in [4.78, 5) is 23.3. The molecule has 126 valence electrons. The van der Waals surface area contributed by atoms with E-state index in [1.165, 1.54) is 0 Å². The Hall–Kier alpha value is -1.85. The highest BCUT2D eigenvalue weighted by molar-refractivity contribution is 6.30. The number of carbonyl (C=O) groups is 2. The maximum Gasteiger partial charge on any atom is 0.321 e. The predicted molar refractivity (Wildman–Crippen MR) is 93.5 cm³/mol. The van der Waals surface area contributed by atoms with Crippen LogP contribution in [0.25, 0.3) is 0 Å². The van der Waals surface area contributed by atoms with Crippen molar-refractivity contribution in [1.29, 1.82) is 0 Å². The molecule has 23 heavy (non-hydrogen) atoms. The highest BCUT2D eigenvalue weighted by Gasteiger charge is 2.28. The second-order valence-electron chi connectivity index (χ2n) is 5.20. The van der Waals surface area contributed by atoms with Crippen LogP contribution in [0, 0.1) is 0 Å². The van der Waals surface area contributed by atoms with Crippen LogP contribution in [0.4, 0.5) is 4.79 Å². The minimum absolute atomic E-state index is 0.0474. The fraction of sp³-hybridized carbons (Fsp3) is 0.412. The normalized spacial score (nSPS) is 10.9. The quantitative estimate of drug-likeness (QED) is 0.639. The van der Waals surface area contributed by atoms with E-state index in [4.69, 9.17) is 11.6 Å². The molecule has 0 radical (unpaired) electrons. The molecule has 0 aliphatic carbocycles. The van der Waals surface area contributed by atoms with Crippen LogP contribution in [0.2, 0.25) is 5.02 Å². The third-order valence-electron chi connectivity index (χ3n) is 3.85. The summed E-state index contributed by atoms with van der Waals surface area (Å²) in [6.45, 7) is 7.96. The first-order chi connectivity index (χ1) is 11.0. The SMILES string of the molecule is C=CCNC(=O)NC(=O)CNC(CC)(CC)c1ccc(Cl)cc1. The third kappa shape index (κ3) is 5.69.